The number of aromatic nitrogens is 1. The van der Waals surface area contributed by atoms with E-state index in [9.17, 15) is 27.5 Å². The van der Waals surface area contributed by atoms with Crippen LogP contribution in [-0.4, -0.2) is 50.9 Å². The normalized spacial score (nSPS) is 31.7. The van der Waals surface area contributed by atoms with Crippen LogP contribution in [0.5, 0.6) is 0 Å². The molecule has 4 nitrogen and oxygen atoms in total. The molecule has 1 saturated carbocycles. The van der Waals surface area contributed by atoms with Crippen LogP contribution < -0.4 is 0 Å². The van der Waals surface area contributed by atoms with Gasteiger partial charge in [-0.3, -0.25) is 4.79 Å². The van der Waals surface area contributed by atoms with Gasteiger partial charge in [0.1, 0.15) is 17.0 Å². The molecule has 2 heterocycles. The van der Waals surface area contributed by atoms with Gasteiger partial charge in [-0.15, -0.1) is 0 Å². The number of rotatable bonds is 1. The molecule has 1 N–H and O–H groups in total. The maximum atomic E-state index is 14.0. The molecule has 1 aliphatic carbocycles. The van der Waals surface area contributed by atoms with E-state index >= 15 is 0 Å². The summed E-state index contributed by atoms with van der Waals surface area (Å²) in [5.74, 6) is -7.81. The number of carbonyl (C=O) groups excluding carboxylic acids is 1. The number of hydrogen-bond donors (Lipinski definition) is 1. The van der Waals surface area contributed by atoms with Gasteiger partial charge in [0.15, 0.2) is 0 Å². The molecule has 0 bridgehead atoms. The first-order valence-electron chi connectivity index (χ1n) is 6.96. The maximum absolute atomic E-state index is 14.0. The Hall–Kier alpha value is -1.41. The van der Waals surface area contributed by atoms with E-state index in [1.807, 2.05) is 0 Å². The van der Waals surface area contributed by atoms with E-state index in [4.69, 9.17) is 11.6 Å². The molecule has 1 amide bonds. The Bertz CT molecular complexity index is 657. The molecule has 2 aliphatic rings. The van der Waals surface area contributed by atoms with E-state index in [0.717, 1.165) is 0 Å². The van der Waals surface area contributed by atoms with Crippen molar-refractivity contribution >= 4 is 17.5 Å². The van der Waals surface area contributed by atoms with Crippen LogP contribution in [0.2, 0.25) is 5.15 Å². The minimum absolute atomic E-state index is 0.0202. The fourth-order valence-electron chi connectivity index (χ4n) is 3.42. The van der Waals surface area contributed by atoms with Gasteiger partial charge in [0.05, 0.1) is 12.1 Å². The van der Waals surface area contributed by atoms with Gasteiger partial charge < -0.3 is 10.0 Å². The molecule has 1 aromatic heterocycles. The van der Waals surface area contributed by atoms with Crippen molar-refractivity contribution in [2.45, 2.75) is 42.8 Å². The van der Waals surface area contributed by atoms with Crippen molar-refractivity contribution in [2.75, 3.05) is 6.54 Å². The highest BCUT2D eigenvalue weighted by atomic mass is 35.5. The van der Waals surface area contributed by atoms with Crippen LogP contribution in [0.3, 0.4) is 0 Å². The van der Waals surface area contributed by atoms with Crippen LogP contribution in [-0.2, 0) is 0 Å². The molecule has 23 heavy (non-hydrogen) atoms. The van der Waals surface area contributed by atoms with Crippen LogP contribution in [0.1, 0.15) is 29.8 Å². The van der Waals surface area contributed by atoms with Gasteiger partial charge in [-0.25, -0.2) is 22.5 Å². The molecular weight excluding hydrogens is 340 g/mol. The highest BCUT2D eigenvalue weighted by Gasteiger charge is 2.69. The third-order valence-corrected chi connectivity index (χ3v) is 4.69. The Morgan fingerprint density at radius 1 is 1.30 bits per heavy atom. The van der Waals surface area contributed by atoms with E-state index in [2.05, 4.69) is 4.98 Å². The number of nitrogens with zero attached hydrogens (tertiary/aromatic N) is 2. The summed E-state index contributed by atoms with van der Waals surface area (Å²) in [7, 11) is 0. The molecular formula is C14H13ClF4N2O2. The first kappa shape index (κ1) is 16.4. The molecule has 1 aliphatic heterocycles. The number of likely N-dealkylation sites (tertiary alicyclic amines) is 1. The minimum atomic E-state index is -3.66. The Balaban J connectivity index is 2.01. The second-order valence-corrected chi connectivity index (χ2v) is 6.42. The number of carbonyl (C=O) groups is 1. The zero-order valence-corrected chi connectivity index (χ0v) is 12.5. The van der Waals surface area contributed by atoms with Gasteiger partial charge >= 0.3 is 0 Å². The molecule has 2 atom stereocenters. The van der Waals surface area contributed by atoms with Crippen molar-refractivity contribution in [3.8, 4) is 0 Å². The van der Waals surface area contributed by atoms with E-state index in [0.29, 0.717) is 4.90 Å². The van der Waals surface area contributed by atoms with Crippen LogP contribution in [0.25, 0.3) is 0 Å². The quantitative estimate of drug-likeness (QED) is 0.624. The molecule has 0 aromatic carbocycles. The lowest BCUT2D eigenvalue weighted by Gasteiger charge is -2.36. The summed E-state index contributed by atoms with van der Waals surface area (Å²) in [6.07, 6.45) is -4.40. The van der Waals surface area contributed by atoms with Gasteiger partial charge in [0, 0.05) is 12.8 Å². The number of aliphatic hydroxyl groups excluding tert-OH is 1. The molecule has 1 spiro atoms. The number of aliphatic hydroxyl groups is 1. The van der Waals surface area contributed by atoms with Crippen molar-refractivity contribution in [3.63, 3.8) is 0 Å². The standard InChI is InChI=1S/C14H13ClF4N2O2/c15-9-3-1-2-8(20-9)10(22)21-7-14(18,19)11(23)12(21)4-5-13(16,17)6-12/h1-3,11,23H,4-7H2/t11-,12+/m1/s1. The molecule has 0 radical (unpaired) electrons. The fraction of sp³-hybridized carbons (Fsp3) is 0.571. The van der Waals surface area contributed by atoms with Crippen molar-refractivity contribution in [2.24, 2.45) is 0 Å². The van der Waals surface area contributed by atoms with Crippen molar-refractivity contribution < 1.29 is 27.5 Å². The van der Waals surface area contributed by atoms with Crippen molar-refractivity contribution in [1.82, 2.24) is 9.88 Å². The highest BCUT2D eigenvalue weighted by molar-refractivity contribution is 6.29. The maximum Gasteiger partial charge on any atom is 0.292 e. The number of hydrogen-bond acceptors (Lipinski definition) is 3. The molecule has 1 saturated heterocycles. The topological polar surface area (TPSA) is 53.4 Å². The predicted molar refractivity (Wildman–Crippen MR) is 72.8 cm³/mol. The summed E-state index contributed by atoms with van der Waals surface area (Å²) in [5, 5.41) is 9.92. The number of pyridine rings is 1. The molecule has 3 rings (SSSR count). The zero-order chi connectivity index (χ0) is 17.0. The second-order valence-electron chi connectivity index (χ2n) is 6.04. The summed E-state index contributed by atoms with van der Waals surface area (Å²) < 4.78 is 55.2. The Kier molecular flexibility index (Phi) is 3.61. The monoisotopic (exact) mass is 352 g/mol. The Morgan fingerprint density at radius 2 is 2.00 bits per heavy atom. The highest BCUT2D eigenvalue weighted by Crippen LogP contribution is 2.54. The van der Waals surface area contributed by atoms with E-state index in [1.54, 1.807) is 0 Å². The minimum Gasteiger partial charge on any atom is -0.384 e. The third kappa shape index (κ3) is 2.57. The van der Waals surface area contributed by atoms with Crippen LogP contribution in [0.4, 0.5) is 17.6 Å². The number of alkyl halides is 4. The Morgan fingerprint density at radius 3 is 2.57 bits per heavy atom. The lowest BCUT2D eigenvalue weighted by molar-refractivity contribution is -0.102. The summed E-state index contributed by atoms with van der Waals surface area (Å²) in [6, 6.07) is 4.06. The average Bonchev–Trinajstić information content (AvgIpc) is 2.88. The lowest BCUT2D eigenvalue weighted by Crippen LogP contribution is -2.53. The molecule has 0 unspecified atom stereocenters. The van der Waals surface area contributed by atoms with Gasteiger partial charge in [-0.05, 0) is 18.6 Å². The SMILES string of the molecule is O=C(c1cccc(Cl)n1)N1CC(F)(F)[C@H](O)[C@@]12CCC(F)(F)C2. The molecule has 1 aromatic rings. The van der Waals surface area contributed by atoms with Crippen LogP contribution in [0.15, 0.2) is 18.2 Å². The summed E-state index contributed by atoms with van der Waals surface area (Å²) >= 11 is 5.68. The van der Waals surface area contributed by atoms with E-state index in [-0.39, 0.29) is 10.8 Å². The van der Waals surface area contributed by atoms with Crippen molar-refractivity contribution in [3.05, 3.63) is 29.0 Å². The largest absolute Gasteiger partial charge is 0.384 e. The number of amides is 1. The van der Waals surface area contributed by atoms with Gasteiger partial charge in [0.25, 0.3) is 17.8 Å². The summed E-state index contributed by atoms with van der Waals surface area (Å²) in [5.41, 5.74) is -2.22. The van der Waals surface area contributed by atoms with Gasteiger partial charge in [-0.1, -0.05) is 17.7 Å². The Labute approximate surface area is 134 Å². The van der Waals surface area contributed by atoms with Gasteiger partial charge in [0.2, 0.25) is 0 Å². The summed E-state index contributed by atoms with van der Waals surface area (Å²) in [4.78, 5) is 16.9. The smallest absolute Gasteiger partial charge is 0.292 e. The zero-order valence-electron chi connectivity index (χ0n) is 11.8. The first-order valence-corrected chi connectivity index (χ1v) is 7.33. The van der Waals surface area contributed by atoms with Gasteiger partial charge in [-0.2, -0.15) is 0 Å². The first-order chi connectivity index (χ1) is 10.6. The third-order valence-electron chi connectivity index (χ3n) is 4.48. The second kappa shape index (κ2) is 5.04. The lowest BCUT2D eigenvalue weighted by atomic mass is 9.89. The van der Waals surface area contributed by atoms with Crippen LogP contribution >= 0.6 is 11.6 Å². The molecule has 2 fully saturated rings. The van der Waals surface area contributed by atoms with Crippen LogP contribution in [0, 0.1) is 0 Å². The van der Waals surface area contributed by atoms with E-state index in [1.165, 1.54) is 18.2 Å². The average molecular weight is 353 g/mol. The van der Waals surface area contributed by atoms with E-state index < -0.39 is 55.2 Å². The predicted octanol–water partition coefficient (Wildman–Crippen LogP) is 2.75. The summed E-state index contributed by atoms with van der Waals surface area (Å²) in [6.45, 7) is -1.13. The molecule has 126 valence electrons. The number of halogens is 5. The van der Waals surface area contributed by atoms with Crippen molar-refractivity contribution in [1.29, 1.82) is 0 Å². The fourth-order valence-corrected chi connectivity index (χ4v) is 3.59. The molecule has 9 heteroatoms.